The number of aromatic nitrogens is 2. The van der Waals surface area contributed by atoms with Crippen LogP contribution < -0.4 is 0 Å². The molecule has 0 unspecified atom stereocenters. The number of nitrogens with one attached hydrogen (secondary N) is 1. The number of aromatic amines is 1. The molecule has 0 saturated heterocycles. The van der Waals surface area contributed by atoms with E-state index in [4.69, 9.17) is 5.11 Å². The monoisotopic (exact) mass is 168 g/mol. The van der Waals surface area contributed by atoms with Crippen LogP contribution in [0.15, 0.2) is 0 Å². The number of carboxylic acid groups (broad SMARTS) is 1. The molecule has 0 fully saturated rings. The quantitative estimate of drug-likeness (QED) is 0.703. The van der Waals surface area contributed by atoms with Gasteiger partial charge in [-0.05, 0) is 12.8 Å². The Balaban J connectivity index is 3.21. The number of hydrogen-bond donors (Lipinski definition) is 2. The molecule has 0 saturated carbocycles. The largest absolute Gasteiger partial charge is 0.476 e. The van der Waals surface area contributed by atoms with Gasteiger partial charge in [-0.25, -0.2) is 4.79 Å². The van der Waals surface area contributed by atoms with Gasteiger partial charge in [0.05, 0.1) is 0 Å². The van der Waals surface area contributed by atoms with Crippen molar-refractivity contribution in [1.29, 1.82) is 0 Å². The minimum Gasteiger partial charge on any atom is -0.476 e. The molecule has 0 aliphatic carbocycles. The van der Waals surface area contributed by atoms with Gasteiger partial charge < -0.3 is 5.11 Å². The third-order valence-corrected chi connectivity index (χ3v) is 1.77. The zero-order chi connectivity index (χ0) is 9.30. The summed E-state index contributed by atoms with van der Waals surface area (Å²) in [6, 6.07) is 0. The number of hydrogen-bond acceptors (Lipinski definition) is 2. The molecule has 0 amide bonds. The molecule has 4 heteroatoms. The number of aromatic carboxylic acids is 1. The highest BCUT2D eigenvalue weighted by molar-refractivity contribution is 5.87. The van der Waals surface area contributed by atoms with Crippen LogP contribution in [-0.4, -0.2) is 21.3 Å². The highest BCUT2D eigenvalue weighted by Crippen LogP contribution is 2.20. The van der Waals surface area contributed by atoms with E-state index in [-0.39, 0.29) is 11.6 Å². The second-order valence-corrected chi connectivity index (χ2v) is 3.07. The van der Waals surface area contributed by atoms with Gasteiger partial charge in [0.25, 0.3) is 0 Å². The Morgan fingerprint density at radius 3 is 2.50 bits per heavy atom. The summed E-state index contributed by atoms with van der Waals surface area (Å²) in [6.45, 7) is 5.73. The van der Waals surface area contributed by atoms with Crippen LogP contribution in [0.25, 0.3) is 0 Å². The fourth-order valence-electron chi connectivity index (χ4n) is 1.31. The molecule has 1 aromatic heterocycles. The molecule has 0 atom stereocenters. The fourth-order valence-corrected chi connectivity index (χ4v) is 1.31. The standard InChI is InChI=1S/C8H12N2O2/c1-4(2)6-5(3)9-10-7(6)8(11)12/h4H,1-3H3,(H,9,10)(H,11,12). The van der Waals surface area contributed by atoms with E-state index < -0.39 is 5.97 Å². The number of nitrogens with zero attached hydrogens (tertiary/aromatic N) is 1. The van der Waals surface area contributed by atoms with Crippen molar-refractivity contribution < 1.29 is 9.90 Å². The summed E-state index contributed by atoms with van der Waals surface area (Å²) in [5.74, 6) is -0.780. The topological polar surface area (TPSA) is 66.0 Å². The maximum Gasteiger partial charge on any atom is 0.356 e. The summed E-state index contributed by atoms with van der Waals surface area (Å²) >= 11 is 0. The van der Waals surface area contributed by atoms with Crippen molar-refractivity contribution in [2.45, 2.75) is 26.7 Å². The van der Waals surface area contributed by atoms with Crippen LogP contribution in [0.3, 0.4) is 0 Å². The molecular formula is C8H12N2O2. The number of rotatable bonds is 2. The van der Waals surface area contributed by atoms with E-state index in [1.807, 2.05) is 20.8 Å². The molecular weight excluding hydrogens is 156 g/mol. The minimum atomic E-state index is -0.969. The van der Waals surface area contributed by atoms with Gasteiger partial charge in [0.1, 0.15) is 0 Å². The molecule has 0 aromatic carbocycles. The Bertz CT molecular complexity index is 302. The number of carbonyl (C=O) groups is 1. The van der Waals surface area contributed by atoms with E-state index in [2.05, 4.69) is 10.2 Å². The molecule has 0 spiro atoms. The summed E-state index contributed by atoms with van der Waals surface area (Å²) in [4.78, 5) is 10.7. The van der Waals surface area contributed by atoms with Crippen molar-refractivity contribution in [2.75, 3.05) is 0 Å². The van der Waals surface area contributed by atoms with Crippen molar-refractivity contribution in [2.24, 2.45) is 0 Å². The molecule has 1 rings (SSSR count). The number of aryl methyl sites for hydroxylation is 1. The predicted octanol–water partition coefficient (Wildman–Crippen LogP) is 1.54. The summed E-state index contributed by atoms with van der Waals surface area (Å²) in [5, 5.41) is 15.1. The maximum absolute atomic E-state index is 10.7. The Morgan fingerprint density at radius 1 is 1.58 bits per heavy atom. The molecule has 1 aromatic rings. The highest BCUT2D eigenvalue weighted by Gasteiger charge is 2.18. The van der Waals surface area contributed by atoms with Gasteiger partial charge in [0, 0.05) is 11.3 Å². The number of carboxylic acids is 1. The Morgan fingerprint density at radius 2 is 2.17 bits per heavy atom. The Hall–Kier alpha value is -1.32. The van der Waals surface area contributed by atoms with Gasteiger partial charge in [0.2, 0.25) is 0 Å². The lowest BCUT2D eigenvalue weighted by Crippen LogP contribution is -2.03. The minimum absolute atomic E-state index is 0.141. The highest BCUT2D eigenvalue weighted by atomic mass is 16.4. The smallest absolute Gasteiger partial charge is 0.356 e. The Labute approximate surface area is 70.6 Å². The summed E-state index contributed by atoms with van der Waals surface area (Å²) in [6.07, 6.45) is 0. The SMILES string of the molecule is Cc1[nH]nc(C(=O)O)c1C(C)C. The normalized spacial score (nSPS) is 10.7. The lowest BCUT2D eigenvalue weighted by molar-refractivity contribution is 0.0689. The summed E-state index contributed by atoms with van der Waals surface area (Å²) in [5.41, 5.74) is 1.77. The summed E-state index contributed by atoms with van der Waals surface area (Å²) in [7, 11) is 0. The van der Waals surface area contributed by atoms with Crippen LogP contribution in [0.2, 0.25) is 0 Å². The third kappa shape index (κ3) is 1.32. The molecule has 66 valence electrons. The first-order chi connectivity index (χ1) is 5.54. The zero-order valence-electron chi connectivity index (χ0n) is 7.38. The van der Waals surface area contributed by atoms with Crippen LogP contribution in [0.1, 0.15) is 41.5 Å². The predicted molar refractivity (Wildman–Crippen MR) is 44.4 cm³/mol. The molecule has 2 N–H and O–H groups in total. The van der Waals surface area contributed by atoms with Crippen LogP contribution >= 0.6 is 0 Å². The van der Waals surface area contributed by atoms with Gasteiger partial charge in [-0.2, -0.15) is 5.10 Å². The molecule has 12 heavy (non-hydrogen) atoms. The first kappa shape index (κ1) is 8.77. The van der Waals surface area contributed by atoms with E-state index >= 15 is 0 Å². The average molecular weight is 168 g/mol. The van der Waals surface area contributed by atoms with Crippen LogP contribution in [0, 0.1) is 6.92 Å². The molecule has 0 radical (unpaired) electrons. The fraction of sp³-hybridized carbons (Fsp3) is 0.500. The number of H-pyrrole nitrogens is 1. The second kappa shape index (κ2) is 2.97. The van der Waals surface area contributed by atoms with Crippen molar-refractivity contribution in [1.82, 2.24) is 10.2 Å². The van der Waals surface area contributed by atoms with Gasteiger partial charge in [-0.15, -0.1) is 0 Å². The van der Waals surface area contributed by atoms with E-state index in [1.54, 1.807) is 0 Å². The van der Waals surface area contributed by atoms with Crippen molar-refractivity contribution in [3.8, 4) is 0 Å². The van der Waals surface area contributed by atoms with Gasteiger partial charge in [-0.3, -0.25) is 5.10 Å². The first-order valence-corrected chi connectivity index (χ1v) is 3.82. The lowest BCUT2D eigenvalue weighted by Gasteiger charge is -2.03. The first-order valence-electron chi connectivity index (χ1n) is 3.82. The molecule has 0 aliphatic rings. The van der Waals surface area contributed by atoms with Crippen molar-refractivity contribution >= 4 is 5.97 Å². The van der Waals surface area contributed by atoms with Crippen molar-refractivity contribution in [3.05, 3.63) is 17.0 Å². The van der Waals surface area contributed by atoms with Crippen LogP contribution in [-0.2, 0) is 0 Å². The van der Waals surface area contributed by atoms with Gasteiger partial charge in [0.15, 0.2) is 5.69 Å². The Kier molecular flexibility index (Phi) is 2.17. The average Bonchev–Trinajstić information content (AvgIpc) is 2.30. The molecule has 4 nitrogen and oxygen atoms in total. The lowest BCUT2D eigenvalue weighted by atomic mass is 10.0. The maximum atomic E-state index is 10.7. The van der Waals surface area contributed by atoms with Gasteiger partial charge >= 0.3 is 5.97 Å². The molecule has 0 aliphatic heterocycles. The van der Waals surface area contributed by atoms with E-state index in [1.165, 1.54) is 0 Å². The van der Waals surface area contributed by atoms with Gasteiger partial charge in [-0.1, -0.05) is 13.8 Å². The third-order valence-electron chi connectivity index (χ3n) is 1.77. The van der Waals surface area contributed by atoms with E-state index in [0.29, 0.717) is 0 Å². The van der Waals surface area contributed by atoms with Crippen LogP contribution in [0.5, 0.6) is 0 Å². The van der Waals surface area contributed by atoms with Crippen molar-refractivity contribution in [3.63, 3.8) is 0 Å². The van der Waals surface area contributed by atoms with E-state index in [9.17, 15) is 4.79 Å². The van der Waals surface area contributed by atoms with E-state index in [0.717, 1.165) is 11.3 Å². The summed E-state index contributed by atoms with van der Waals surface area (Å²) < 4.78 is 0. The zero-order valence-corrected chi connectivity index (χ0v) is 7.38. The molecule has 0 bridgehead atoms. The molecule has 1 heterocycles. The van der Waals surface area contributed by atoms with Crippen LogP contribution in [0.4, 0.5) is 0 Å². The second-order valence-electron chi connectivity index (χ2n) is 3.07.